The SMILES string of the molecule is O=C(c1ccc(CBr)c2ccccc12)N1CCOCC1. The fourth-order valence-corrected chi connectivity index (χ4v) is 3.09. The van der Waals surface area contributed by atoms with Gasteiger partial charge in [-0.25, -0.2) is 0 Å². The van der Waals surface area contributed by atoms with Crippen LogP contribution in [0.5, 0.6) is 0 Å². The Balaban J connectivity index is 2.05. The van der Waals surface area contributed by atoms with Crippen LogP contribution in [-0.2, 0) is 10.1 Å². The van der Waals surface area contributed by atoms with Gasteiger partial charge in [0.15, 0.2) is 0 Å². The van der Waals surface area contributed by atoms with Crippen LogP contribution >= 0.6 is 15.9 Å². The van der Waals surface area contributed by atoms with Crippen molar-refractivity contribution in [2.75, 3.05) is 26.3 Å². The van der Waals surface area contributed by atoms with Crippen molar-refractivity contribution >= 4 is 32.6 Å². The number of morpholine rings is 1. The molecular formula is C16H16BrNO2. The number of alkyl halides is 1. The van der Waals surface area contributed by atoms with Gasteiger partial charge in [0.2, 0.25) is 0 Å². The average Bonchev–Trinajstić information content (AvgIpc) is 2.54. The topological polar surface area (TPSA) is 29.5 Å². The van der Waals surface area contributed by atoms with Gasteiger partial charge >= 0.3 is 0 Å². The van der Waals surface area contributed by atoms with Crippen molar-refractivity contribution in [3.05, 3.63) is 47.5 Å². The van der Waals surface area contributed by atoms with Crippen molar-refractivity contribution < 1.29 is 9.53 Å². The Labute approximate surface area is 126 Å². The van der Waals surface area contributed by atoms with Crippen molar-refractivity contribution in [2.24, 2.45) is 0 Å². The van der Waals surface area contributed by atoms with E-state index in [1.54, 1.807) is 0 Å². The molecule has 104 valence electrons. The van der Waals surface area contributed by atoms with E-state index in [0.717, 1.165) is 21.7 Å². The number of rotatable bonds is 2. The monoisotopic (exact) mass is 333 g/mol. The quantitative estimate of drug-likeness (QED) is 0.790. The second kappa shape index (κ2) is 5.94. The highest BCUT2D eigenvalue weighted by atomic mass is 79.9. The van der Waals surface area contributed by atoms with E-state index in [0.29, 0.717) is 26.3 Å². The summed E-state index contributed by atoms with van der Waals surface area (Å²) in [5.41, 5.74) is 1.99. The number of nitrogens with zero attached hydrogens (tertiary/aromatic N) is 1. The maximum absolute atomic E-state index is 12.7. The normalized spacial score (nSPS) is 15.6. The van der Waals surface area contributed by atoms with E-state index in [2.05, 4.69) is 22.0 Å². The summed E-state index contributed by atoms with van der Waals surface area (Å²) in [6.07, 6.45) is 0. The van der Waals surface area contributed by atoms with Crippen molar-refractivity contribution in [3.8, 4) is 0 Å². The maximum Gasteiger partial charge on any atom is 0.254 e. The molecule has 0 aromatic heterocycles. The minimum atomic E-state index is 0.102. The van der Waals surface area contributed by atoms with E-state index in [-0.39, 0.29) is 5.91 Å². The highest BCUT2D eigenvalue weighted by molar-refractivity contribution is 9.08. The standard InChI is InChI=1S/C16H16BrNO2/c17-11-12-5-6-15(14-4-2-1-3-13(12)14)16(19)18-7-9-20-10-8-18/h1-6H,7-11H2. The highest BCUT2D eigenvalue weighted by Crippen LogP contribution is 2.25. The molecule has 2 aromatic carbocycles. The molecule has 0 N–H and O–H groups in total. The third-order valence-corrected chi connectivity index (χ3v) is 4.29. The first-order chi connectivity index (χ1) is 9.81. The molecule has 0 aliphatic carbocycles. The van der Waals surface area contributed by atoms with E-state index in [9.17, 15) is 4.79 Å². The first kappa shape index (κ1) is 13.6. The van der Waals surface area contributed by atoms with E-state index in [1.165, 1.54) is 5.56 Å². The molecule has 0 bridgehead atoms. The number of halogens is 1. The fourth-order valence-electron chi connectivity index (χ4n) is 2.60. The Morgan fingerprint density at radius 3 is 2.50 bits per heavy atom. The van der Waals surface area contributed by atoms with Gasteiger partial charge in [-0.2, -0.15) is 0 Å². The van der Waals surface area contributed by atoms with Crippen LogP contribution in [0.3, 0.4) is 0 Å². The van der Waals surface area contributed by atoms with Crippen LogP contribution < -0.4 is 0 Å². The molecule has 0 atom stereocenters. The van der Waals surface area contributed by atoms with Crippen LogP contribution in [0.2, 0.25) is 0 Å². The number of carbonyl (C=O) groups is 1. The number of ether oxygens (including phenoxy) is 1. The van der Waals surface area contributed by atoms with E-state index < -0.39 is 0 Å². The number of benzene rings is 2. The zero-order chi connectivity index (χ0) is 13.9. The summed E-state index contributed by atoms with van der Waals surface area (Å²) in [7, 11) is 0. The average molecular weight is 334 g/mol. The van der Waals surface area contributed by atoms with E-state index in [1.807, 2.05) is 35.2 Å². The lowest BCUT2D eigenvalue weighted by atomic mass is 9.99. The predicted octanol–water partition coefficient (Wildman–Crippen LogP) is 3.21. The third kappa shape index (κ3) is 2.45. The summed E-state index contributed by atoms with van der Waals surface area (Å²) < 4.78 is 5.31. The number of amides is 1. The van der Waals surface area contributed by atoms with E-state index >= 15 is 0 Å². The minimum absolute atomic E-state index is 0.102. The van der Waals surface area contributed by atoms with Crippen LogP contribution in [-0.4, -0.2) is 37.1 Å². The summed E-state index contributed by atoms with van der Waals surface area (Å²) in [5, 5.41) is 2.96. The van der Waals surface area contributed by atoms with Gasteiger partial charge < -0.3 is 9.64 Å². The molecule has 0 spiro atoms. The maximum atomic E-state index is 12.7. The lowest BCUT2D eigenvalue weighted by Gasteiger charge is -2.27. The molecule has 4 heteroatoms. The van der Waals surface area contributed by atoms with Gasteiger partial charge in [0.25, 0.3) is 5.91 Å². The number of fused-ring (bicyclic) bond motifs is 1. The van der Waals surface area contributed by atoms with Crippen LogP contribution in [0.4, 0.5) is 0 Å². The molecule has 2 aromatic rings. The van der Waals surface area contributed by atoms with Crippen LogP contribution in [0.25, 0.3) is 10.8 Å². The highest BCUT2D eigenvalue weighted by Gasteiger charge is 2.20. The molecule has 1 saturated heterocycles. The summed E-state index contributed by atoms with van der Waals surface area (Å²) >= 11 is 3.50. The molecule has 1 aliphatic heterocycles. The van der Waals surface area contributed by atoms with Crippen LogP contribution in [0.1, 0.15) is 15.9 Å². The lowest BCUT2D eigenvalue weighted by Crippen LogP contribution is -2.40. The Bertz CT molecular complexity index is 635. The molecule has 1 amide bonds. The molecule has 3 nitrogen and oxygen atoms in total. The van der Waals surface area contributed by atoms with Gasteiger partial charge in [-0.1, -0.05) is 46.3 Å². The lowest BCUT2D eigenvalue weighted by molar-refractivity contribution is 0.0304. The summed E-state index contributed by atoms with van der Waals surface area (Å²) in [6.45, 7) is 2.60. The van der Waals surface area contributed by atoms with Crippen molar-refractivity contribution in [3.63, 3.8) is 0 Å². The molecule has 0 radical (unpaired) electrons. The first-order valence-electron chi connectivity index (χ1n) is 6.75. The van der Waals surface area contributed by atoms with Gasteiger partial charge in [0.1, 0.15) is 0 Å². The van der Waals surface area contributed by atoms with Gasteiger partial charge in [0, 0.05) is 24.0 Å². The van der Waals surface area contributed by atoms with Gasteiger partial charge in [-0.05, 0) is 22.4 Å². The van der Waals surface area contributed by atoms with Crippen LogP contribution in [0, 0.1) is 0 Å². The molecule has 0 unspecified atom stereocenters. The second-order valence-electron chi connectivity index (χ2n) is 4.86. The summed E-state index contributed by atoms with van der Waals surface area (Å²) in [5.74, 6) is 0.102. The molecule has 1 aliphatic rings. The molecular weight excluding hydrogens is 318 g/mol. The summed E-state index contributed by atoms with van der Waals surface area (Å²) in [6, 6.07) is 12.1. The second-order valence-corrected chi connectivity index (χ2v) is 5.42. The largest absolute Gasteiger partial charge is 0.378 e. The molecule has 1 heterocycles. The van der Waals surface area contributed by atoms with Crippen molar-refractivity contribution in [2.45, 2.75) is 5.33 Å². The van der Waals surface area contributed by atoms with Gasteiger partial charge in [0.05, 0.1) is 13.2 Å². The Hall–Kier alpha value is -1.39. The fraction of sp³-hybridized carbons (Fsp3) is 0.312. The molecule has 0 saturated carbocycles. The predicted molar refractivity (Wildman–Crippen MR) is 83.3 cm³/mol. The Morgan fingerprint density at radius 1 is 1.10 bits per heavy atom. The first-order valence-corrected chi connectivity index (χ1v) is 7.87. The van der Waals surface area contributed by atoms with E-state index in [4.69, 9.17) is 4.74 Å². The molecule has 3 rings (SSSR count). The summed E-state index contributed by atoms with van der Waals surface area (Å²) in [4.78, 5) is 14.5. The number of carbonyl (C=O) groups excluding carboxylic acids is 1. The Morgan fingerprint density at radius 2 is 1.80 bits per heavy atom. The Kier molecular flexibility index (Phi) is 4.03. The van der Waals surface area contributed by atoms with Crippen molar-refractivity contribution in [1.82, 2.24) is 4.90 Å². The van der Waals surface area contributed by atoms with Crippen molar-refractivity contribution in [1.29, 1.82) is 0 Å². The number of hydrogen-bond acceptors (Lipinski definition) is 2. The minimum Gasteiger partial charge on any atom is -0.378 e. The van der Waals surface area contributed by atoms with Gasteiger partial charge in [-0.15, -0.1) is 0 Å². The third-order valence-electron chi connectivity index (χ3n) is 3.69. The van der Waals surface area contributed by atoms with Crippen LogP contribution in [0.15, 0.2) is 36.4 Å². The smallest absolute Gasteiger partial charge is 0.254 e. The zero-order valence-electron chi connectivity index (χ0n) is 11.1. The number of hydrogen-bond donors (Lipinski definition) is 0. The van der Waals surface area contributed by atoms with Gasteiger partial charge in [-0.3, -0.25) is 4.79 Å². The molecule has 20 heavy (non-hydrogen) atoms. The zero-order valence-corrected chi connectivity index (χ0v) is 12.7. The molecule has 1 fully saturated rings.